The van der Waals surface area contributed by atoms with Crippen molar-refractivity contribution in [1.82, 2.24) is 14.7 Å². The molecule has 0 saturated carbocycles. The summed E-state index contributed by atoms with van der Waals surface area (Å²) >= 11 is 0. The Bertz CT molecular complexity index is 596. The lowest BCUT2D eigenvalue weighted by molar-refractivity contribution is -0.138. The van der Waals surface area contributed by atoms with Crippen molar-refractivity contribution in [2.45, 2.75) is 38.9 Å². The van der Waals surface area contributed by atoms with Crippen molar-refractivity contribution in [3.63, 3.8) is 0 Å². The fourth-order valence-corrected chi connectivity index (χ4v) is 4.19. The summed E-state index contributed by atoms with van der Waals surface area (Å²) in [5.74, 6) is -0.960. The summed E-state index contributed by atoms with van der Waals surface area (Å²) in [5, 5.41) is 13.2. The van der Waals surface area contributed by atoms with Gasteiger partial charge in [0.05, 0.1) is 24.1 Å². The maximum Gasteiger partial charge on any atom is 0.304 e. The summed E-state index contributed by atoms with van der Waals surface area (Å²) in [7, 11) is -3.13. The molecule has 0 spiro atoms. The van der Waals surface area contributed by atoms with Crippen LogP contribution >= 0.6 is 0 Å². The summed E-state index contributed by atoms with van der Waals surface area (Å²) in [5.41, 5.74) is 0.984. The Kier molecular flexibility index (Phi) is 5.00. The van der Waals surface area contributed by atoms with Crippen LogP contribution in [0.25, 0.3) is 0 Å². The van der Waals surface area contributed by atoms with Crippen LogP contribution in [0.4, 0.5) is 0 Å². The Balaban J connectivity index is 2.06. The van der Waals surface area contributed by atoms with Crippen molar-refractivity contribution < 1.29 is 18.3 Å². The van der Waals surface area contributed by atoms with Crippen molar-refractivity contribution in [3.05, 3.63) is 18.0 Å². The molecule has 1 N–H and O–H groups in total. The van der Waals surface area contributed by atoms with E-state index >= 15 is 0 Å². The molecule has 1 aromatic heterocycles. The summed E-state index contributed by atoms with van der Waals surface area (Å²) in [6, 6.07) is -0.462. The van der Waals surface area contributed by atoms with Crippen LogP contribution in [0.5, 0.6) is 0 Å². The molecule has 0 aliphatic carbocycles. The molecule has 0 bridgehead atoms. The quantitative estimate of drug-likeness (QED) is 0.815. The smallest absolute Gasteiger partial charge is 0.304 e. The minimum Gasteiger partial charge on any atom is -0.481 e. The highest BCUT2D eigenvalue weighted by Crippen LogP contribution is 2.18. The number of sulfone groups is 1. The average molecular weight is 315 g/mol. The number of rotatable bonds is 6. The van der Waals surface area contributed by atoms with Gasteiger partial charge in [-0.1, -0.05) is 6.92 Å². The Labute approximate surface area is 124 Å². The van der Waals surface area contributed by atoms with Crippen molar-refractivity contribution in [3.8, 4) is 0 Å². The largest absolute Gasteiger partial charge is 0.481 e. The highest BCUT2D eigenvalue weighted by Gasteiger charge is 2.32. The predicted molar refractivity (Wildman–Crippen MR) is 77.6 cm³/mol. The normalized spacial score (nSPS) is 22.2. The summed E-state index contributed by atoms with van der Waals surface area (Å²) < 4.78 is 25.2. The first-order valence-electron chi connectivity index (χ1n) is 7.07. The van der Waals surface area contributed by atoms with Gasteiger partial charge in [-0.15, -0.1) is 0 Å². The van der Waals surface area contributed by atoms with Gasteiger partial charge in [-0.3, -0.25) is 14.4 Å². The molecule has 1 aromatic rings. The van der Waals surface area contributed by atoms with Crippen LogP contribution in [0.2, 0.25) is 0 Å². The van der Waals surface area contributed by atoms with Crippen molar-refractivity contribution in [1.29, 1.82) is 0 Å². The Hall–Kier alpha value is -1.41. The summed E-state index contributed by atoms with van der Waals surface area (Å²) in [6.07, 6.45) is 4.54. The second-order valence-electron chi connectivity index (χ2n) is 5.45. The van der Waals surface area contributed by atoms with E-state index in [4.69, 9.17) is 5.11 Å². The second kappa shape index (κ2) is 6.57. The number of carboxylic acids is 1. The van der Waals surface area contributed by atoms with Crippen molar-refractivity contribution >= 4 is 15.8 Å². The number of carbonyl (C=O) groups is 1. The van der Waals surface area contributed by atoms with Gasteiger partial charge < -0.3 is 5.11 Å². The third-order valence-electron chi connectivity index (χ3n) is 3.59. The van der Waals surface area contributed by atoms with Crippen LogP contribution in [-0.2, 0) is 27.7 Å². The molecule has 7 nitrogen and oxygen atoms in total. The van der Waals surface area contributed by atoms with Gasteiger partial charge in [-0.05, 0) is 6.42 Å². The number of aryl methyl sites for hydroxylation is 1. The van der Waals surface area contributed by atoms with Gasteiger partial charge in [0.15, 0.2) is 9.84 Å². The SMILES string of the molecule is CCCn1cc(CN2CCS(=O)(=O)CC2CC(=O)O)cn1. The Morgan fingerprint density at radius 1 is 1.52 bits per heavy atom. The lowest BCUT2D eigenvalue weighted by atomic mass is 10.1. The van der Waals surface area contributed by atoms with Gasteiger partial charge in [-0.25, -0.2) is 8.42 Å². The predicted octanol–water partition coefficient (Wildman–Crippen LogP) is 0.367. The molecule has 8 heteroatoms. The number of hydrogen-bond donors (Lipinski definition) is 1. The molecular weight excluding hydrogens is 294 g/mol. The van der Waals surface area contributed by atoms with Gasteiger partial charge in [0.1, 0.15) is 0 Å². The van der Waals surface area contributed by atoms with Gasteiger partial charge >= 0.3 is 5.97 Å². The number of aromatic nitrogens is 2. The van der Waals surface area contributed by atoms with Gasteiger partial charge in [0.2, 0.25) is 0 Å². The van der Waals surface area contributed by atoms with E-state index in [0.717, 1.165) is 18.5 Å². The zero-order chi connectivity index (χ0) is 15.5. The number of nitrogens with zero attached hydrogens (tertiary/aromatic N) is 3. The molecule has 1 aliphatic rings. The minimum atomic E-state index is -3.13. The number of aliphatic carboxylic acids is 1. The van der Waals surface area contributed by atoms with E-state index in [-0.39, 0.29) is 17.9 Å². The molecule has 1 unspecified atom stereocenters. The molecular formula is C13H21N3O4S. The molecule has 0 amide bonds. The molecule has 0 aromatic carbocycles. The second-order valence-corrected chi connectivity index (χ2v) is 7.68. The van der Waals surface area contributed by atoms with E-state index in [1.165, 1.54) is 0 Å². The lowest BCUT2D eigenvalue weighted by Crippen LogP contribution is -2.48. The zero-order valence-corrected chi connectivity index (χ0v) is 12.9. The topological polar surface area (TPSA) is 92.5 Å². The summed E-state index contributed by atoms with van der Waals surface area (Å²) in [4.78, 5) is 12.9. The third-order valence-corrected chi connectivity index (χ3v) is 5.28. The van der Waals surface area contributed by atoms with Crippen LogP contribution in [0.15, 0.2) is 12.4 Å². The molecule has 118 valence electrons. The first-order chi connectivity index (χ1) is 9.89. The summed E-state index contributed by atoms with van der Waals surface area (Å²) in [6.45, 7) is 3.82. The monoisotopic (exact) mass is 315 g/mol. The van der Waals surface area contributed by atoms with E-state index in [9.17, 15) is 13.2 Å². The maximum absolute atomic E-state index is 11.7. The van der Waals surface area contributed by atoms with Crippen LogP contribution < -0.4 is 0 Å². The van der Waals surface area contributed by atoms with E-state index in [1.54, 1.807) is 6.20 Å². The fourth-order valence-electron chi connectivity index (χ4n) is 2.59. The van der Waals surface area contributed by atoms with E-state index in [1.807, 2.05) is 15.8 Å². The molecule has 1 saturated heterocycles. The standard InChI is InChI=1S/C13H21N3O4S/c1-2-3-16-9-11(7-14-16)8-15-4-5-21(19,20)10-12(15)6-13(17)18/h7,9,12H,2-6,8,10H2,1H3,(H,17,18). The zero-order valence-electron chi connectivity index (χ0n) is 12.1. The fraction of sp³-hybridized carbons (Fsp3) is 0.692. The maximum atomic E-state index is 11.7. The highest BCUT2D eigenvalue weighted by atomic mass is 32.2. The third kappa shape index (κ3) is 4.53. The minimum absolute atomic E-state index is 0.0810. The molecule has 1 atom stereocenters. The van der Waals surface area contributed by atoms with E-state index in [0.29, 0.717) is 13.1 Å². The first-order valence-corrected chi connectivity index (χ1v) is 8.89. The van der Waals surface area contributed by atoms with Crippen LogP contribution in [0, 0.1) is 0 Å². The van der Waals surface area contributed by atoms with E-state index in [2.05, 4.69) is 12.0 Å². The number of hydrogen-bond acceptors (Lipinski definition) is 5. The molecule has 1 aliphatic heterocycles. The lowest BCUT2D eigenvalue weighted by Gasteiger charge is -2.34. The van der Waals surface area contributed by atoms with Crippen LogP contribution in [0.3, 0.4) is 0 Å². The molecule has 0 radical (unpaired) electrons. The molecule has 1 fully saturated rings. The number of carboxylic acid groups (broad SMARTS) is 1. The highest BCUT2D eigenvalue weighted by molar-refractivity contribution is 7.91. The van der Waals surface area contributed by atoms with Crippen LogP contribution in [-0.4, -0.2) is 58.3 Å². The average Bonchev–Trinajstić information content (AvgIpc) is 2.79. The Morgan fingerprint density at radius 2 is 2.29 bits per heavy atom. The van der Waals surface area contributed by atoms with E-state index < -0.39 is 21.8 Å². The van der Waals surface area contributed by atoms with Crippen molar-refractivity contribution in [2.24, 2.45) is 0 Å². The van der Waals surface area contributed by atoms with Crippen LogP contribution in [0.1, 0.15) is 25.3 Å². The molecule has 21 heavy (non-hydrogen) atoms. The Morgan fingerprint density at radius 3 is 2.95 bits per heavy atom. The molecule has 2 heterocycles. The van der Waals surface area contributed by atoms with Crippen molar-refractivity contribution in [2.75, 3.05) is 18.1 Å². The molecule has 2 rings (SSSR count). The van der Waals surface area contributed by atoms with Gasteiger partial charge in [-0.2, -0.15) is 5.10 Å². The first kappa shape index (κ1) is 16.0. The van der Waals surface area contributed by atoms with Gasteiger partial charge in [0, 0.05) is 37.4 Å². The van der Waals surface area contributed by atoms with Gasteiger partial charge in [0.25, 0.3) is 0 Å².